The summed E-state index contributed by atoms with van der Waals surface area (Å²) in [6, 6.07) is 22.4. The third-order valence-corrected chi connectivity index (χ3v) is 6.47. The van der Waals surface area contributed by atoms with Crippen molar-refractivity contribution in [1.29, 1.82) is 0 Å². The van der Waals surface area contributed by atoms with Crippen LogP contribution in [0.1, 0.15) is 35.1 Å². The number of carbonyl (C=O) groups is 1. The van der Waals surface area contributed by atoms with Crippen molar-refractivity contribution in [3.05, 3.63) is 94.0 Å². The number of hydrogen-bond donors (Lipinski definition) is 2. The molecule has 1 atom stereocenters. The largest absolute Gasteiger partial charge is 0.395 e. The van der Waals surface area contributed by atoms with Crippen LogP contribution in [0.2, 0.25) is 5.02 Å². The van der Waals surface area contributed by atoms with Crippen molar-refractivity contribution in [2.45, 2.75) is 19.3 Å². The number of anilines is 2. The van der Waals surface area contributed by atoms with Gasteiger partial charge < -0.3 is 20.0 Å². The molecule has 0 saturated carbocycles. The summed E-state index contributed by atoms with van der Waals surface area (Å²) in [6.45, 7) is 3.65. The van der Waals surface area contributed by atoms with Gasteiger partial charge in [0.05, 0.1) is 19.6 Å². The van der Waals surface area contributed by atoms with Gasteiger partial charge in [0.25, 0.3) is 0 Å². The second-order valence-electron chi connectivity index (χ2n) is 8.21. The van der Waals surface area contributed by atoms with Crippen LogP contribution in [0.25, 0.3) is 0 Å². The Labute approximate surface area is 199 Å². The Morgan fingerprint density at radius 1 is 0.909 bits per heavy atom. The van der Waals surface area contributed by atoms with Gasteiger partial charge in [-0.3, -0.25) is 4.79 Å². The van der Waals surface area contributed by atoms with Crippen LogP contribution in [0.15, 0.2) is 66.7 Å². The fourth-order valence-electron chi connectivity index (χ4n) is 4.65. The minimum absolute atomic E-state index is 0.0171. The summed E-state index contributed by atoms with van der Waals surface area (Å²) in [5.74, 6) is 0.126. The molecule has 0 aromatic heterocycles. The van der Waals surface area contributed by atoms with Gasteiger partial charge in [-0.15, -0.1) is 0 Å². The van der Waals surface area contributed by atoms with E-state index < -0.39 is 0 Å². The highest BCUT2D eigenvalue weighted by Gasteiger charge is 2.27. The first-order chi connectivity index (χ1) is 16.0. The molecule has 3 aromatic carbocycles. The molecule has 1 heterocycles. The van der Waals surface area contributed by atoms with Crippen LogP contribution >= 0.6 is 11.6 Å². The lowest BCUT2D eigenvalue weighted by Crippen LogP contribution is -2.29. The van der Waals surface area contributed by atoms with E-state index in [1.165, 1.54) is 0 Å². The maximum atomic E-state index is 12.4. The number of hydrogen-bond acceptors (Lipinski definition) is 4. The Morgan fingerprint density at radius 3 is 2.06 bits per heavy atom. The molecular formula is C27H29ClN2O3. The molecule has 2 N–H and O–H groups in total. The Balaban J connectivity index is 1.74. The summed E-state index contributed by atoms with van der Waals surface area (Å²) < 4.78 is 0. The van der Waals surface area contributed by atoms with Gasteiger partial charge in [-0.05, 0) is 59.5 Å². The number of likely N-dealkylation sites (N-methyl/N-ethyl adjacent to an activating group) is 1. The molecule has 33 heavy (non-hydrogen) atoms. The number of amides is 1. The standard InChI is InChI=1S/C27H29ClN2O3/c1-2-30-25-12-7-21(17-22(25)18-26(30)33)27(19-3-8-23(28)9-4-19)20-5-10-24(11-6-20)29(13-15-31)14-16-32/h3-12,17,27,31-32H,2,13-16,18H2,1H3. The molecule has 1 amide bonds. The normalized spacial score (nSPS) is 13.8. The van der Waals surface area contributed by atoms with E-state index in [9.17, 15) is 15.0 Å². The topological polar surface area (TPSA) is 64.0 Å². The van der Waals surface area contributed by atoms with E-state index in [4.69, 9.17) is 11.6 Å². The first-order valence-corrected chi connectivity index (χ1v) is 11.7. The molecule has 0 bridgehead atoms. The lowest BCUT2D eigenvalue weighted by Gasteiger charge is -2.25. The van der Waals surface area contributed by atoms with Crippen LogP contribution in [0.4, 0.5) is 11.4 Å². The zero-order valence-electron chi connectivity index (χ0n) is 18.7. The van der Waals surface area contributed by atoms with E-state index >= 15 is 0 Å². The zero-order chi connectivity index (χ0) is 23.4. The number of halogens is 1. The maximum Gasteiger partial charge on any atom is 0.231 e. The van der Waals surface area contributed by atoms with Gasteiger partial charge in [0.1, 0.15) is 0 Å². The molecule has 6 heteroatoms. The molecule has 1 aliphatic heterocycles. The molecule has 0 fully saturated rings. The Bertz CT molecular complexity index is 1090. The summed E-state index contributed by atoms with van der Waals surface area (Å²) in [4.78, 5) is 16.2. The second kappa shape index (κ2) is 10.4. The number of rotatable bonds is 9. The fraction of sp³-hybridized carbons (Fsp3) is 0.296. The van der Waals surface area contributed by atoms with Crippen molar-refractivity contribution in [2.75, 3.05) is 42.6 Å². The summed E-state index contributed by atoms with van der Waals surface area (Å²) >= 11 is 6.16. The summed E-state index contributed by atoms with van der Waals surface area (Å²) in [7, 11) is 0. The van der Waals surface area contributed by atoms with Crippen molar-refractivity contribution < 1.29 is 15.0 Å². The Kier molecular flexibility index (Phi) is 7.33. The van der Waals surface area contributed by atoms with Gasteiger partial charge in [0.15, 0.2) is 0 Å². The van der Waals surface area contributed by atoms with Gasteiger partial charge in [0, 0.05) is 41.9 Å². The average Bonchev–Trinajstić information content (AvgIpc) is 3.15. The Morgan fingerprint density at radius 2 is 1.48 bits per heavy atom. The summed E-state index contributed by atoms with van der Waals surface area (Å²) in [6.07, 6.45) is 0.431. The quantitative estimate of drug-likeness (QED) is 0.465. The van der Waals surface area contributed by atoms with Gasteiger partial charge >= 0.3 is 0 Å². The number of aliphatic hydroxyl groups excluding tert-OH is 2. The highest BCUT2D eigenvalue weighted by atomic mass is 35.5. The molecule has 0 radical (unpaired) electrons. The summed E-state index contributed by atoms with van der Waals surface area (Å²) in [5, 5.41) is 19.4. The van der Waals surface area contributed by atoms with Gasteiger partial charge in [-0.25, -0.2) is 0 Å². The van der Waals surface area contributed by atoms with Crippen molar-refractivity contribution >= 4 is 28.9 Å². The van der Waals surface area contributed by atoms with Gasteiger partial charge in [0.2, 0.25) is 5.91 Å². The third kappa shape index (κ3) is 4.91. The molecule has 172 valence electrons. The van der Waals surface area contributed by atoms with E-state index in [1.807, 2.05) is 53.1 Å². The van der Waals surface area contributed by atoms with E-state index in [0.29, 0.717) is 31.1 Å². The van der Waals surface area contributed by atoms with Crippen molar-refractivity contribution in [3.8, 4) is 0 Å². The monoisotopic (exact) mass is 464 g/mol. The van der Waals surface area contributed by atoms with E-state index in [-0.39, 0.29) is 25.0 Å². The molecule has 0 aliphatic carbocycles. The number of aliphatic hydroxyl groups is 2. The van der Waals surface area contributed by atoms with Crippen molar-refractivity contribution in [2.24, 2.45) is 0 Å². The van der Waals surface area contributed by atoms with Crippen molar-refractivity contribution in [1.82, 2.24) is 0 Å². The predicted octanol–water partition coefficient (Wildman–Crippen LogP) is 4.22. The van der Waals surface area contributed by atoms with Crippen LogP contribution in [-0.2, 0) is 11.2 Å². The average molecular weight is 465 g/mol. The minimum Gasteiger partial charge on any atom is -0.395 e. The van der Waals surface area contributed by atoms with E-state index in [0.717, 1.165) is 33.6 Å². The summed E-state index contributed by atoms with van der Waals surface area (Å²) in [5.41, 5.74) is 6.37. The number of carbonyl (C=O) groups excluding carboxylic acids is 1. The second-order valence-corrected chi connectivity index (χ2v) is 8.65. The molecule has 4 rings (SSSR count). The first-order valence-electron chi connectivity index (χ1n) is 11.3. The number of nitrogens with zero attached hydrogens (tertiary/aromatic N) is 2. The fourth-order valence-corrected chi connectivity index (χ4v) is 4.78. The number of fused-ring (bicyclic) bond motifs is 1. The highest BCUT2D eigenvalue weighted by Crippen LogP contribution is 2.37. The molecular weight excluding hydrogens is 436 g/mol. The lowest BCUT2D eigenvalue weighted by molar-refractivity contribution is -0.117. The molecule has 0 saturated heterocycles. The lowest BCUT2D eigenvalue weighted by atomic mass is 9.84. The maximum absolute atomic E-state index is 12.4. The zero-order valence-corrected chi connectivity index (χ0v) is 19.5. The minimum atomic E-state index is -0.0171. The van der Waals surface area contributed by atoms with Crippen LogP contribution in [0, 0.1) is 0 Å². The predicted molar refractivity (Wildman–Crippen MR) is 133 cm³/mol. The van der Waals surface area contributed by atoms with Crippen LogP contribution in [-0.4, -0.2) is 49.0 Å². The van der Waals surface area contributed by atoms with E-state index in [2.05, 4.69) is 30.3 Å². The number of benzene rings is 3. The van der Waals surface area contributed by atoms with Crippen LogP contribution < -0.4 is 9.80 Å². The molecule has 3 aromatic rings. The van der Waals surface area contributed by atoms with Crippen LogP contribution in [0.3, 0.4) is 0 Å². The van der Waals surface area contributed by atoms with Crippen LogP contribution in [0.5, 0.6) is 0 Å². The SMILES string of the molecule is CCN1C(=O)Cc2cc(C(c3ccc(Cl)cc3)c3ccc(N(CCO)CCO)cc3)ccc21. The first kappa shape index (κ1) is 23.3. The van der Waals surface area contributed by atoms with Crippen molar-refractivity contribution in [3.63, 3.8) is 0 Å². The smallest absolute Gasteiger partial charge is 0.231 e. The van der Waals surface area contributed by atoms with E-state index in [1.54, 1.807) is 0 Å². The highest BCUT2D eigenvalue weighted by molar-refractivity contribution is 6.30. The molecule has 1 unspecified atom stereocenters. The Hall–Kier alpha value is -2.86. The molecule has 0 spiro atoms. The van der Waals surface area contributed by atoms with Gasteiger partial charge in [-0.1, -0.05) is 48.0 Å². The third-order valence-electron chi connectivity index (χ3n) is 6.22. The van der Waals surface area contributed by atoms with Gasteiger partial charge in [-0.2, -0.15) is 0 Å². The molecule has 1 aliphatic rings. The molecule has 5 nitrogen and oxygen atoms in total.